The van der Waals surface area contributed by atoms with E-state index in [4.69, 9.17) is 17.3 Å². The number of rotatable bonds is 3. The fourth-order valence-corrected chi connectivity index (χ4v) is 4.51. The maximum atomic E-state index is 14.3. The van der Waals surface area contributed by atoms with Crippen LogP contribution in [0.25, 0.3) is 0 Å². The van der Waals surface area contributed by atoms with Crippen molar-refractivity contribution in [3.8, 4) is 0 Å². The first-order valence-electron chi connectivity index (χ1n) is 7.15. The van der Waals surface area contributed by atoms with Crippen LogP contribution in [0.1, 0.15) is 37.7 Å². The van der Waals surface area contributed by atoms with E-state index in [1.54, 1.807) is 0 Å². The van der Waals surface area contributed by atoms with E-state index in [1.807, 2.05) is 0 Å². The summed E-state index contributed by atoms with van der Waals surface area (Å²) in [6.45, 7) is 0.757. The lowest BCUT2D eigenvalue weighted by Gasteiger charge is -2.24. The minimum absolute atomic E-state index is 0.0884. The van der Waals surface area contributed by atoms with E-state index in [-0.39, 0.29) is 22.0 Å². The van der Waals surface area contributed by atoms with Gasteiger partial charge in [-0.2, -0.15) is 4.31 Å². The van der Waals surface area contributed by atoms with Gasteiger partial charge in [-0.25, -0.2) is 12.8 Å². The van der Waals surface area contributed by atoms with Gasteiger partial charge in [-0.3, -0.25) is 0 Å². The van der Waals surface area contributed by atoms with Crippen molar-refractivity contribution in [1.82, 2.24) is 4.31 Å². The maximum Gasteiger partial charge on any atom is 0.246 e. The highest BCUT2D eigenvalue weighted by atomic mass is 35.5. The minimum atomic E-state index is -3.87. The third-order valence-corrected chi connectivity index (χ3v) is 5.85. The Bertz CT molecular complexity index is 599. The molecule has 2 rings (SSSR count). The highest BCUT2D eigenvalue weighted by molar-refractivity contribution is 7.89. The number of nitrogens with zero attached hydrogens (tertiary/aromatic N) is 1. The Morgan fingerprint density at radius 2 is 1.71 bits per heavy atom. The summed E-state index contributed by atoms with van der Waals surface area (Å²) < 4.78 is 41.1. The number of benzene rings is 1. The van der Waals surface area contributed by atoms with Gasteiger partial charge in [0.2, 0.25) is 10.0 Å². The van der Waals surface area contributed by atoms with Gasteiger partial charge in [0.1, 0.15) is 10.7 Å². The van der Waals surface area contributed by atoms with Crippen molar-refractivity contribution in [3.05, 3.63) is 28.5 Å². The fraction of sp³-hybridized carbons (Fsp3) is 0.571. The zero-order valence-electron chi connectivity index (χ0n) is 11.8. The normalized spacial score (nSPS) is 18.2. The second-order valence-electron chi connectivity index (χ2n) is 5.25. The lowest BCUT2D eigenvalue weighted by atomic mass is 10.1. The van der Waals surface area contributed by atoms with Crippen molar-refractivity contribution < 1.29 is 12.8 Å². The van der Waals surface area contributed by atoms with E-state index in [0.717, 1.165) is 32.1 Å². The van der Waals surface area contributed by atoms with Crippen molar-refractivity contribution >= 4 is 21.6 Å². The van der Waals surface area contributed by atoms with Gasteiger partial charge in [-0.15, -0.1) is 0 Å². The van der Waals surface area contributed by atoms with E-state index < -0.39 is 15.8 Å². The molecule has 1 aromatic rings. The molecular formula is C14H20ClFN2O2S. The number of sulfonamides is 1. The highest BCUT2D eigenvalue weighted by Gasteiger charge is 2.29. The predicted molar refractivity (Wildman–Crippen MR) is 81.1 cm³/mol. The van der Waals surface area contributed by atoms with Crippen LogP contribution in [0.3, 0.4) is 0 Å². The van der Waals surface area contributed by atoms with Crippen molar-refractivity contribution in [2.24, 2.45) is 5.73 Å². The van der Waals surface area contributed by atoms with E-state index in [9.17, 15) is 12.8 Å². The molecule has 118 valence electrons. The predicted octanol–water partition coefficient (Wildman–Crippen LogP) is 2.89. The van der Waals surface area contributed by atoms with Gasteiger partial charge in [0, 0.05) is 30.2 Å². The Kier molecular flexibility index (Phi) is 5.60. The third kappa shape index (κ3) is 3.74. The monoisotopic (exact) mass is 334 g/mol. The lowest BCUT2D eigenvalue weighted by molar-refractivity contribution is 0.362. The molecule has 1 heterocycles. The average Bonchev–Trinajstić information content (AvgIpc) is 2.40. The Morgan fingerprint density at radius 3 is 2.29 bits per heavy atom. The minimum Gasteiger partial charge on any atom is -0.326 e. The quantitative estimate of drug-likeness (QED) is 0.924. The second-order valence-corrected chi connectivity index (χ2v) is 7.60. The molecule has 4 nitrogen and oxygen atoms in total. The van der Waals surface area contributed by atoms with Gasteiger partial charge in [0.05, 0.1) is 0 Å². The molecule has 0 bridgehead atoms. The van der Waals surface area contributed by atoms with Crippen LogP contribution in [0, 0.1) is 5.82 Å². The van der Waals surface area contributed by atoms with Crippen molar-refractivity contribution in [2.75, 3.05) is 13.1 Å². The van der Waals surface area contributed by atoms with Gasteiger partial charge < -0.3 is 5.73 Å². The lowest BCUT2D eigenvalue weighted by Crippen LogP contribution is -2.34. The van der Waals surface area contributed by atoms with E-state index in [1.165, 1.54) is 16.4 Å². The largest absolute Gasteiger partial charge is 0.326 e. The number of hydrogen-bond acceptors (Lipinski definition) is 3. The first kappa shape index (κ1) is 16.7. The van der Waals surface area contributed by atoms with Crippen molar-refractivity contribution in [2.45, 2.75) is 43.5 Å². The summed E-state index contributed by atoms with van der Waals surface area (Å²) in [6, 6.07) is 2.54. The van der Waals surface area contributed by atoms with Crippen LogP contribution in [0.2, 0.25) is 5.02 Å². The number of hydrogen-bond donors (Lipinski definition) is 1. The number of halogens is 2. The molecule has 1 aliphatic heterocycles. The average molecular weight is 335 g/mol. The van der Waals surface area contributed by atoms with E-state index in [2.05, 4.69) is 0 Å². The van der Waals surface area contributed by atoms with Gasteiger partial charge in [0.15, 0.2) is 0 Å². The molecule has 0 radical (unpaired) electrons. The highest BCUT2D eigenvalue weighted by Crippen LogP contribution is 2.27. The zero-order valence-corrected chi connectivity index (χ0v) is 13.4. The van der Waals surface area contributed by atoms with Crippen molar-refractivity contribution in [1.29, 1.82) is 0 Å². The summed E-state index contributed by atoms with van der Waals surface area (Å²) in [5.41, 5.74) is 5.57. The molecule has 1 aliphatic rings. The summed E-state index contributed by atoms with van der Waals surface area (Å²) in [5, 5.41) is 0.183. The van der Waals surface area contributed by atoms with E-state index >= 15 is 0 Å². The Morgan fingerprint density at radius 1 is 1.14 bits per heavy atom. The fourth-order valence-electron chi connectivity index (χ4n) is 2.55. The standard InChI is InChI=1S/C14H20ClFN2O2S/c15-12-8-11(10-17)14(16)13(9-12)21(19,20)18-6-4-2-1-3-5-7-18/h8-9H,1-7,10,17H2. The van der Waals surface area contributed by atoms with E-state index in [0.29, 0.717) is 13.1 Å². The van der Waals surface area contributed by atoms with Crippen LogP contribution < -0.4 is 5.73 Å². The maximum absolute atomic E-state index is 14.3. The van der Waals surface area contributed by atoms with Crippen LogP contribution in [0.5, 0.6) is 0 Å². The molecule has 21 heavy (non-hydrogen) atoms. The Hall–Kier alpha value is -0.690. The molecule has 0 amide bonds. The summed E-state index contributed by atoms with van der Waals surface area (Å²) in [6.07, 6.45) is 4.71. The summed E-state index contributed by atoms with van der Waals surface area (Å²) >= 11 is 5.90. The Labute approximate surface area is 130 Å². The molecule has 0 aromatic heterocycles. The smallest absolute Gasteiger partial charge is 0.246 e. The van der Waals surface area contributed by atoms with Crippen LogP contribution in [0.15, 0.2) is 17.0 Å². The molecule has 7 heteroatoms. The van der Waals surface area contributed by atoms with Crippen molar-refractivity contribution in [3.63, 3.8) is 0 Å². The first-order chi connectivity index (χ1) is 9.96. The molecule has 0 atom stereocenters. The van der Waals surface area contributed by atoms with Crippen LogP contribution in [-0.4, -0.2) is 25.8 Å². The topological polar surface area (TPSA) is 63.4 Å². The van der Waals surface area contributed by atoms with Gasteiger partial charge in [0.25, 0.3) is 0 Å². The van der Waals surface area contributed by atoms with Crippen LogP contribution in [-0.2, 0) is 16.6 Å². The van der Waals surface area contributed by atoms with Crippen LogP contribution >= 0.6 is 11.6 Å². The second kappa shape index (κ2) is 7.05. The molecule has 0 aliphatic carbocycles. The van der Waals surface area contributed by atoms with Gasteiger partial charge in [-0.05, 0) is 25.0 Å². The zero-order chi connectivity index (χ0) is 15.5. The van der Waals surface area contributed by atoms with Crippen LogP contribution in [0.4, 0.5) is 4.39 Å². The molecule has 1 saturated heterocycles. The third-order valence-electron chi connectivity index (χ3n) is 3.73. The Balaban J connectivity index is 2.40. The molecular weight excluding hydrogens is 315 g/mol. The van der Waals surface area contributed by atoms with Gasteiger partial charge >= 0.3 is 0 Å². The molecule has 2 N–H and O–H groups in total. The molecule has 0 saturated carbocycles. The summed E-state index contributed by atoms with van der Waals surface area (Å²) in [4.78, 5) is -0.365. The molecule has 0 unspecified atom stereocenters. The number of nitrogens with two attached hydrogens (primary N) is 1. The molecule has 1 aromatic carbocycles. The SMILES string of the molecule is NCc1cc(Cl)cc(S(=O)(=O)N2CCCCCCC2)c1F. The van der Waals surface area contributed by atoms with Gasteiger partial charge in [-0.1, -0.05) is 30.9 Å². The summed E-state index contributed by atoms with van der Waals surface area (Å²) in [5.74, 6) is -0.788. The molecule has 0 spiro atoms. The molecule has 1 fully saturated rings. The first-order valence-corrected chi connectivity index (χ1v) is 8.96. The summed E-state index contributed by atoms with van der Waals surface area (Å²) in [7, 11) is -3.87.